The van der Waals surface area contributed by atoms with Crippen molar-refractivity contribution in [3.05, 3.63) is 0 Å². The molecule has 0 spiro atoms. The zero-order valence-electron chi connectivity index (χ0n) is 13.1. The monoisotopic (exact) mass is 280 g/mol. The van der Waals surface area contributed by atoms with Gasteiger partial charge in [-0.15, -0.1) is 0 Å². The van der Waals surface area contributed by atoms with Gasteiger partial charge in [-0.2, -0.15) is 0 Å². The van der Waals surface area contributed by atoms with Crippen LogP contribution in [0.25, 0.3) is 0 Å². The van der Waals surface area contributed by atoms with E-state index in [4.69, 9.17) is 9.47 Å². The molecule has 3 saturated carbocycles. The maximum absolute atomic E-state index is 11.6. The Balaban J connectivity index is 1.37. The van der Waals surface area contributed by atoms with Gasteiger partial charge in [-0.3, -0.25) is 0 Å². The minimum absolute atomic E-state index is 0.107. The summed E-state index contributed by atoms with van der Waals surface area (Å²) in [6.45, 7) is 6.51. The van der Waals surface area contributed by atoms with Crippen molar-refractivity contribution in [3.8, 4) is 0 Å². The molecule has 0 aromatic rings. The lowest BCUT2D eigenvalue weighted by Gasteiger charge is -2.23. The fraction of sp³-hybridized carbons (Fsp3) is 0.941. The molecule has 0 aromatic carbocycles. The van der Waals surface area contributed by atoms with E-state index in [1.807, 2.05) is 20.8 Å². The predicted molar refractivity (Wildman–Crippen MR) is 77.2 cm³/mol. The Bertz CT molecular complexity index is 353. The third kappa shape index (κ3) is 3.03. The second-order valence-electron chi connectivity index (χ2n) is 8.10. The number of hydrogen-bond acceptors (Lipinski definition) is 3. The first-order valence-corrected chi connectivity index (χ1v) is 8.22. The highest BCUT2D eigenvalue weighted by atomic mass is 16.6. The van der Waals surface area contributed by atoms with E-state index in [0.717, 1.165) is 30.3 Å². The molecule has 0 amide bonds. The number of carbonyl (C=O) groups is 1. The summed E-state index contributed by atoms with van der Waals surface area (Å²) in [7, 11) is 0. The summed E-state index contributed by atoms with van der Waals surface area (Å²) >= 11 is 0. The Morgan fingerprint density at radius 1 is 1.05 bits per heavy atom. The normalized spacial score (nSPS) is 39.0. The Morgan fingerprint density at radius 2 is 1.65 bits per heavy atom. The highest BCUT2D eigenvalue weighted by molar-refractivity contribution is 5.71. The van der Waals surface area contributed by atoms with E-state index in [1.165, 1.54) is 32.1 Å². The molecule has 0 heterocycles. The van der Waals surface area contributed by atoms with Crippen molar-refractivity contribution in [2.75, 3.05) is 13.2 Å². The summed E-state index contributed by atoms with van der Waals surface area (Å²) in [5.74, 6) is 4.42. The average molecular weight is 280 g/mol. The molecule has 20 heavy (non-hydrogen) atoms. The standard InChI is InChI=1S/C17H28O3/c1-17(2,3)20-16(18)10-19-9-11-6-14-12-4-5-13(8-12)15(14)7-11/h11-15H,4-10H2,1-3H3. The molecule has 3 fully saturated rings. The minimum atomic E-state index is -0.413. The van der Waals surface area contributed by atoms with Gasteiger partial charge in [0.2, 0.25) is 0 Å². The molecular formula is C17H28O3. The third-order valence-electron chi connectivity index (χ3n) is 5.48. The summed E-state index contributed by atoms with van der Waals surface area (Å²) in [6.07, 6.45) is 7.11. The van der Waals surface area contributed by atoms with Crippen LogP contribution in [0.3, 0.4) is 0 Å². The first-order chi connectivity index (χ1) is 9.42. The molecule has 0 radical (unpaired) electrons. The van der Waals surface area contributed by atoms with E-state index in [9.17, 15) is 4.79 Å². The van der Waals surface area contributed by atoms with Crippen LogP contribution in [0.15, 0.2) is 0 Å². The second kappa shape index (κ2) is 5.32. The number of hydrogen-bond donors (Lipinski definition) is 0. The molecule has 3 rings (SSSR count). The molecule has 3 heteroatoms. The van der Waals surface area contributed by atoms with Crippen molar-refractivity contribution in [2.45, 2.75) is 58.5 Å². The summed E-state index contributed by atoms with van der Waals surface area (Å²) in [4.78, 5) is 11.6. The van der Waals surface area contributed by atoms with Gasteiger partial charge < -0.3 is 9.47 Å². The summed E-state index contributed by atoms with van der Waals surface area (Å²) < 4.78 is 10.9. The summed E-state index contributed by atoms with van der Waals surface area (Å²) in [5, 5.41) is 0. The van der Waals surface area contributed by atoms with E-state index in [2.05, 4.69) is 0 Å². The van der Waals surface area contributed by atoms with Gasteiger partial charge >= 0.3 is 5.97 Å². The number of carbonyl (C=O) groups excluding carboxylic acids is 1. The summed E-state index contributed by atoms with van der Waals surface area (Å²) in [5.41, 5.74) is -0.413. The van der Waals surface area contributed by atoms with Crippen LogP contribution < -0.4 is 0 Å². The van der Waals surface area contributed by atoms with E-state index < -0.39 is 5.60 Å². The highest BCUT2D eigenvalue weighted by Gasteiger charge is 2.51. The lowest BCUT2D eigenvalue weighted by Crippen LogP contribution is -2.27. The van der Waals surface area contributed by atoms with Crippen LogP contribution in [-0.4, -0.2) is 24.8 Å². The zero-order valence-corrected chi connectivity index (χ0v) is 13.1. The summed E-state index contributed by atoms with van der Waals surface area (Å²) in [6, 6.07) is 0. The number of fused-ring (bicyclic) bond motifs is 5. The van der Waals surface area contributed by atoms with Crippen molar-refractivity contribution in [2.24, 2.45) is 29.6 Å². The molecule has 4 unspecified atom stereocenters. The van der Waals surface area contributed by atoms with Gasteiger partial charge in [0.15, 0.2) is 0 Å². The number of rotatable bonds is 4. The highest BCUT2D eigenvalue weighted by Crippen LogP contribution is 2.60. The fourth-order valence-electron chi connectivity index (χ4n) is 4.95. The second-order valence-corrected chi connectivity index (χ2v) is 8.10. The maximum atomic E-state index is 11.6. The topological polar surface area (TPSA) is 35.5 Å². The SMILES string of the molecule is CC(C)(C)OC(=O)COCC1CC2C3CCC(C3)C2C1. The van der Waals surface area contributed by atoms with Crippen LogP contribution in [0, 0.1) is 29.6 Å². The Morgan fingerprint density at radius 3 is 2.20 bits per heavy atom. The lowest BCUT2D eigenvalue weighted by molar-refractivity contribution is -0.160. The van der Waals surface area contributed by atoms with Gasteiger partial charge in [0.25, 0.3) is 0 Å². The Hall–Kier alpha value is -0.570. The first-order valence-electron chi connectivity index (χ1n) is 8.22. The molecule has 3 aliphatic carbocycles. The molecular weight excluding hydrogens is 252 g/mol. The van der Waals surface area contributed by atoms with E-state index in [1.54, 1.807) is 0 Å². The Kier molecular flexibility index (Phi) is 3.83. The van der Waals surface area contributed by atoms with Crippen molar-refractivity contribution < 1.29 is 14.3 Å². The molecule has 114 valence electrons. The van der Waals surface area contributed by atoms with Crippen molar-refractivity contribution >= 4 is 5.97 Å². The molecule has 0 aromatic heterocycles. The van der Waals surface area contributed by atoms with Gasteiger partial charge in [-0.05, 0) is 82.5 Å². The average Bonchev–Trinajstić information content (AvgIpc) is 2.97. The molecule has 2 bridgehead atoms. The van der Waals surface area contributed by atoms with Crippen molar-refractivity contribution in [1.29, 1.82) is 0 Å². The molecule has 0 saturated heterocycles. The van der Waals surface area contributed by atoms with Crippen LogP contribution >= 0.6 is 0 Å². The van der Waals surface area contributed by atoms with E-state index >= 15 is 0 Å². The minimum Gasteiger partial charge on any atom is -0.458 e. The number of ether oxygens (including phenoxy) is 2. The van der Waals surface area contributed by atoms with Crippen molar-refractivity contribution in [1.82, 2.24) is 0 Å². The van der Waals surface area contributed by atoms with E-state index in [0.29, 0.717) is 5.92 Å². The van der Waals surface area contributed by atoms with Gasteiger partial charge in [0.1, 0.15) is 12.2 Å². The Labute approximate surface area is 122 Å². The molecule has 3 aliphatic rings. The molecule has 3 nitrogen and oxygen atoms in total. The molecule has 4 atom stereocenters. The maximum Gasteiger partial charge on any atom is 0.332 e. The van der Waals surface area contributed by atoms with Crippen LogP contribution in [0.5, 0.6) is 0 Å². The van der Waals surface area contributed by atoms with E-state index in [-0.39, 0.29) is 12.6 Å². The quantitative estimate of drug-likeness (QED) is 0.740. The van der Waals surface area contributed by atoms with Crippen molar-refractivity contribution in [3.63, 3.8) is 0 Å². The zero-order chi connectivity index (χ0) is 14.3. The van der Waals surface area contributed by atoms with Crippen LogP contribution in [0.2, 0.25) is 0 Å². The van der Waals surface area contributed by atoms with Gasteiger partial charge in [0, 0.05) is 0 Å². The molecule has 0 aliphatic heterocycles. The van der Waals surface area contributed by atoms with Crippen LogP contribution in [-0.2, 0) is 14.3 Å². The van der Waals surface area contributed by atoms with Gasteiger partial charge in [-0.25, -0.2) is 4.79 Å². The largest absolute Gasteiger partial charge is 0.458 e. The molecule has 0 N–H and O–H groups in total. The smallest absolute Gasteiger partial charge is 0.332 e. The first kappa shape index (κ1) is 14.4. The van der Waals surface area contributed by atoms with Gasteiger partial charge in [0.05, 0.1) is 6.61 Å². The fourth-order valence-corrected chi connectivity index (χ4v) is 4.95. The third-order valence-corrected chi connectivity index (χ3v) is 5.48. The number of esters is 1. The van der Waals surface area contributed by atoms with Crippen LogP contribution in [0.1, 0.15) is 52.9 Å². The predicted octanol–water partition coefficient (Wildman–Crippen LogP) is 3.42. The lowest BCUT2D eigenvalue weighted by atomic mass is 9.82. The van der Waals surface area contributed by atoms with Crippen LogP contribution in [0.4, 0.5) is 0 Å². The van der Waals surface area contributed by atoms with Gasteiger partial charge in [-0.1, -0.05) is 0 Å².